The topological polar surface area (TPSA) is 148 Å². The van der Waals surface area contributed by atoms with Gasteiger partial charge in [0.1, 0.15) is 33.3 Å². The smallest absolute Gasteiger partial charge is 0.870 e. The minimum absolute atomic E-state index is 0. The Labute approximate surface area is 292 Å². The van der Waals surface area contributed by atoms with Crippen molar-refractivity contribution >= 4 is 56.9 Å². The van der Waals surface area contributed by atoms with E-state index >= 15 is 0 Å². The summed E-state index contributed by atoms with van der Waals surface area (Å²) in [5.74, 6) is -1.86. The maximum absolute atomic E-state index is 14.2. The summed E-state index contributed by atoms with van der Waals surface area (Å²) in [5, 5.41) is 10.6. The van der Waals surface area contributed by atoms with E-state index in [-0.39, 0.29) is 47.1 Å². The number of hydrogen-bond donors (Lipinski definition) is 1. The molecule has 6 heterocycles. The molecule has 2 atom stereocenters. The number of aromatic nitrogens is 4. The largest absolute Gasteiger partial charge is 1.00 e. The standard InChI is InChI=1S/C17H12ClFN2O3.C15H8ClFN2O3.Li.H2O/c1-2-23-17(22)16-21-11-5-3-4-10(19)9(11)8-12(21)15-13(24-16)6-7-14(18)20-15;16-12-5-4-11-13(18-12)10-6-7-8(17)2-1-3-9(7)19(10)14(22-11)15(20)21;;/h3-8,16H,2H2,1H3;1-6,14H,(H,20,21);;1H2/q;;+1;/p-1. The number of carbonyl (C=O) groups is 2. The van der Waals surface area contributed by atoms with Crippen LogP contribution in [0.2, 0.25) is 10.3 Å². The molecule has 2 unspecified atom stereocenters. The second kappa shape index (κ2) is 13.5. The first kappa shape index (κ1) is 34.7. The van der Waals surface area contributed by atoms with Gasteiger partial charge in [0.25, 0.3) is 12.5 Å². The zero-order valence-electron chi connectivity index (χ0n) is 25.0. The van der Waals surface area contributed by atoms with Crippen LogP contribution in [0.25, 0.3) is 44.6 Å². The Balaban J connectivity index is 0.000000181. The molecule has 2 aliphatic rings. The van der Waals surface area contributed by atoms with Gasteiger partial charge in [-0.1, -0.05) is 35.3 Å². The van der Waals surface area contributed by atoms with Gasteiger partial charge in [0, 0.05) is 10.8 Å². The number of carbonyl (C=O) groups excluding carboxylic acids is 1. The van der Waals surface area contributed by atoms with Crippen molar-refractivity contribution in [1.29, 1.82) is 0 Å². The molecule has 4 aromatic heterocycles. The fourth-order valence-corrected chi connectivity index (χ4v) is 5.87. The number of hydrogen-bond acceptors (Lipinski definition) is 8. The fourth-order valence-electron chi connectivity index (χ4n) is 5.58. The van der Waals surface area contributed by atoms with E-state index in [0.717, 1.165) is 0 Å². The summed E-state index contributed by atoms with van der Waals surface area (Å²) in [7, 11) is 0. The molecule has 0 aliphatic carbocycles. The molecule has 0 radical (unpaired) electrons. The van der Waals surface area contributed by atoms with Gasteiger partial charge in [-0.3, -0.25) is 9.13 Å². The van der Waals surface area contributed by atoms with E-state index in [1.54, 1.807) is 60.0 Å². The van der Waals surface area contributed by atoms with Gasteiger partial charge < -0.3 is 24.8 Å². The number of carboxylic acid groups (broad SMARTS) is 1. The summed E-state index contributed by atoms with van der Waals surface area (Å²) in [6.07, 6.45) is -2.33. The number of nitrogens with zero attached hydrogens (tertiary/aromatic N) is 4. The van der Waals surface area contributed by atoms with Crippen molar-refractivity contribution in [2.75, 3.05) is 6.61 Å². The fraction of sp³-hybridized carbons (Fsp3) is 0.125. The summed E-state index contributed by atoms with van der Waals surface area (Å²) in [4.78, 5) is 32.3. The number of benzene rings is 2. The number of aliphatic carboxylic acids is 1. The van der Waals surface area contributed by atoms with E-state index in [4.69, 9.17) is 37.4 Å². The molecule has 48 heavy (non-hydrogen) atoms. The van der Waals surface area contributed by atoms with E-state index in [2.05, 4.69) is 9.97 Å². The Bertz CT molecular complexity index is 2230. The first-order chi connectivity index (χ1) is 22.2. The van der Waals surface area contributed by atoms with Crippen molar-refractivity contribution in [2.24, 2.45) is 0 Å². The maximum Gasteiger partial charge on any atom is 1.00 e. The van der Waals surface area contributed by atoms with Crippen molar-refractivity contribution in [3.63, 3.8) is 0 Å². The monoisotopic (exact) mass is 688 g/mol. The molecule has 6 aromatic rings. The molecular weight excluding hydrogens is 668 g/mol. The van der Waals surface area contributed by atoms with E-state index in [1.165, 1.54) is 28.8 Å². The summed E-state index contributed by atoms with van der Waals surface area (Å²) in [5.41, 5.74) is 2.80. The van der Waals surface area contributed by atoms with Crippen LogP contribution in [0.3, 0.4) is 0 Å². The van der Waals surface area contributed by atoms with Crippen LogP contribution in [0.4, 0.5) is 8.78 Å². The summed E-state index contributed by atoms with van der Waals surface area (Å²) in [6, 6.07) is 18.6. The Hall–Kier alpha value is -4.64. The van der Waals surface area contributed by atoms with Crippen LogP contribution in [-0.4, -0.2) is 48.2 Å². The van der Waals surface area contributed by atoms with Gasteiger partial charge in [-0.2, -0.15) is 0 Å². The average molecular weight is 689 g/mol. The maximum atomic E-state index is 14.2. The minimum atomic E-state index is -1.29. The van der Waals surface area contributed by atoms with Crippen LogP contribution in [0.5, 0.6) is 11.5 Å². The molecule has 2 aliphatic heterocycles. The number of halogens is 4. The van der Waals surface area contributed by atoms with Gasteiger partial charge in [0.2, 0.25) is 0 Å². The number of carboxylic acids is 1. The number of fused-ring (bicyclic) bond motifs is 10. The summed E-state index contributed by atoms with van der Waals surface area (Å²) in [6.45, 7) is 1.93. The zero-order chi connectivity index (χ0) is 32.3. The van der Waals surface area contributed by atoms with Crippen LogP contribution in [0.15, 0.2) is 72.8 Å². The Morgan fingerprint density at radius 3 is 1.73 bits per heavy atom. The third-order valence-electron chi connectivity index (χ3n) is 7.44. The first-order valence-corrected chi connectivity index (χ1v) is 14.6. The molecule has 0 saturated carbocycles. The molecule has 8 rings (SSSR count). The predicted molar refractivity (Wildman–Crippen MR) is 166 cm³/mol. The molecule has 0 fully saturated rings. The van der Waals surface area contributed by atoms with Crippen molar-refractivity contribution < 1.29 is 62.0 Å². The Morgan fingerprint density at radius 1 is 0.812 bits per heavy atom. The molecular formula is C32H21Cl2F2LiN4O7. The molecule has 16 heteroatoms. The van der Waals surface area contributed by atoms with Crippen LogP contribution >= 0.6 is 23.2 Å². The number of rotatable bonds is 3. The van der Waals surface area contributed by atoms with Crippen molar-refractivity contribution in [3.8, 4) is 34.3 Å². The van der Waals surface area contributed by atoms with Gasteiger partial charge in [0.15, 0.2) is 11.5 Å². The zero-order valence-corrected chi connectivity index (χ0v) is 26.5. The Morgan fingerprint density at radius 2 is 1.27 bits per heavy atom. The van der Waals surface area contributed by atoms with E-state index < -0.39 is 30.2 Å². The second-order valence-corrected chi connectivity index (χ2v) is 10.9. The number of pyridine rings is 2. The number of esters is 1. The van der Waals surface area contributed by atoms with Gasteiger partial charge in [0.05, 0.1) is 29.0 Å². The van der Waals surface area contributed by atoms with Crippen LogP contribution in [0, 0.1) is 11.6 Å². The van der Waals surface area contributed by atoms with Crippen LogP contribution in [0.1, 0.15) is 19.4 Å². The van der Waals surface area contributed by atoms with Gasteiger partial charge in [-0.05, 0) is 67.6 Å². The SMILES string of the molecule is CCOC(=O)C1Oc2ccc(Cl)nc2-c2cc3c(F)cccc3n21.O=C(O)C1Oc2ccc(Cl)nc2-c2cc3c(F)cccc3n21.[Li+].[OH-]. The molecule has 2 aromatic carbocycles. The average Bonchev–Trinajstić information content (AvgIpc) is 3.63. The molecule has 0 saturated heterocycles. The van der Waals surface area contributed by atoms with E-state index in [9.17, 15) is 23.5 Å². The molecule has 0 bridgehead atoms. The second-order valence-electron chi connectivity index (χ2n) is 10.1. The van der Waals surface area contributed by atoms with Gasteiger partial charge in [-0.25, -0.2) is 28.3 Å². The molecule has 2 N–H and O–H groups in total. The quantitative estimate of drug-likeness (QED) is 0.164. The molecule has 11 nitrogen and oxygen atoms in total. The van der Waals surface area contributed by atoms with Gasteiger partial charge >= 0.3 is 30.8 Å². The van der Waals surface area contributed by atoms with Crippen LogP contribution in [-0.2, 0) is 14.3 Å². The first-order valence-electron chi connectivity index (χ1n) is 13.8. The molecule has 0 spiro atoms. The third-order valence-corrected chi connectivity index (χ3v) is 7.86. The number of ether oxygens (including phenoxy) is 3. The summed E-state index contributed by atoms with van der Waals surface area (Å²) < 4.78 is 47.6. The predicted octanol–water partition coefficient (Wildman–Crippen LogP) is 4.25. The van der Waals surface area contributed by atoms with Crippen molar-refractivity contribution in [3.05, 3.63) is 94.7 Å². The van der Waals surface area contributed by atoms with Crippen molar-refractivity contribution in [1.82, 2.24) is 19.1 Å². The molecule has 240 valence electrons. The van der Waals surface area contributed by atoms with E-state index in [1.807, 2.05) is 0 Å². The normalized spacial score (nSPS) is 15.1. The third kappa shape index (κ3) is 5.74. The van der Waals surface area contributed by atoms with Crippen molar-refractivity contribution in [2.45, 2.75) is 19.4 Å². The molecule has 0 amide bonds. The van der Waals surface area contributed by atoms with E-state index in [0.29, 0.717) is 56.1 Å². The van der Waals surface area contributed by atoms with Gasteiger partial charge in [-0.15, -0.1) is 0 Å². The summed E-state index contributed by atoms with van der Waals surface area (Å²) >= 11 is 11.9. The minimum Gasteiger partial charge on any atom is -0.870 e. The van der Waals surface area contributed by atoms with Crippen LogP contribution < -0.4 is 28.3 Å². The Kier molecular flexibility index (Phi) is 9.73.